The van der Waals surface area contributed by atoms with E-state index in [1.165, 1.54) is 0 Å². The van der Waals surface area contributed by atoms with Crippen LogP contribution >= 0.6 is 0 Å². The molecule has 0 radical (unpaired) electrons. The minimum atomic E-state index is -0.0401. The summed E-state index contributed by atoms with van der Waals surface area (Å²) in [5, 5.41) is 2.85. The Bertz CT molecular complexity index is 541. The average molecular weight is 210 g/mol. The van der Waals surface area contributed by atoms with Crippen LogP contribution in [0.25, 0.3) is 0 Å². The van der Waals surface area contributed by atoms with E-state index < -0.39 is 0 Å². The molecule has 0 bridgehead atoms. The van der Waals surface area contributed by atoms with Crippen LogP contribution in [0.15, 0.2) is 54.3 Å². The lowest BCUT2D eigenvalue weighted by atomic mass is 9.90. The molecule has 0 spiro atoms. The zero-order chi connectivity index (χ0) is 11.0. The number of carbonyl (C=O) groups excluding carboxylic acids is 1. The van der Waals surface area contributed by atoms with Crippen molar-refractivity contribution in [1.29, 1.82) is 0 Å². The molecule has 78 valence electrons. The number of amides is 1. The van der Waals surface area contributed by atoms with Gasteiger partial charge in [-0.25, -0.2) is 0 Å². The second-order valence-electron chi connectivity index (χ2n) is 3.76. The van der Waals surface area contributed by atoms with Crippen molar-refractivity contribution in [3.05, 3.63) is 60.0 Å². The van der Waals surface area contributed by atoms with E-state index >= 15 is 0 Å². The predicted octanol–water partition coefficient (Wildman–Crippen LogP) is 2.17. The van der Waals surface area contributed by atoms with Gasteiger partial charge in [0.05, 0.1) is 17.3 Å². The van der Waals surface area contributed by atoms with Gasteiger partial charge in [-0.15, -0.1) is 0 Å². The number of rotatable bonds is 0. The number of pyridine rings is 1. The van der Waals surface area contributed by atoms with Crippen LogP contribution in [0, 0.1) is 0 Å². The second-order valence-corrected chi connectivity index (χ2v) is 3.76. The molecule has 1 N–H and O–H groups in total. The highest BCUT2D eigenvalue weighted by Crippen LogP contribution is 2.35. The summed E-state index contributed by atoms with van der Waals surface area (Å²) >= 11 is 0. The first-order chi connectivity index (χ1) is 7.86. The molecule has 1 aliphatic carbocycles. The molecule has 2 aliphatic rings. The highest BCUT2D eigenvalue weighted by atomic mass is 16.1. The molecular weight excluding hydrogens is 200 g/mol. The van der Waals surface area contributed by atoms with E-state index in [1.54, 1.807) is 6.20 Å². The van der Waals surface area contributed by atoms with Gasteiger partial charge in [0.25, 0.3) is 5.91 Å². The monoisotopic (exact) mass is 210 g/mol. The molecule has 3 heteroatoms. The molecule has 0 fully saturated rings. The SMILES string of the molecule is O=C1Nc2cccnc2C2C=CC=CC=C12. The van der Waals surface area contributed by atoms with Crippen LogP contribution in [0.1, 0.15) is 11.6 Å². The number of hydrogen-bond donors (Lipinski definition) is 1. The zero-order valence-electron chi connectivity index (χ0n) is 8.55. The van der Waals surface area contributed by atoms with E-state index in [2.05, 4.69) is 10.3 Å². The lowest BCUT2D eigenvalue weighted by Crippen LogP contribution is -2.25. The third-order valence-electron chi connectivity index (χ3n) is 2.78. The van der Waals surface area contributed by atoms with Crippen molar-refractivity contribution in [1.82, 2.24) is 4.98 Å². The van der Waals surface area contributed by atoms with Crippen LogP contribution in [-0.4, -0.2) is 10.9 Å². The standard InChI is InChI=1S/C13H10N2O/c16-13-10-6-3-1-2-5-9(10)12-11(15-13)7-4-8-14-12/h1-9H,(H,15,16). The largest absolute Gasteiger partial charge is 0.321 e. The first kappa shape index (κ1) is 9.09. The molecule has 1 atom stereocenters. The van der Waals surface area contributed by atoms with Gasteiger partial charge in [0.2, 0.25) is 0 Å². The molecule has 16 heavy (non-hydrogen) atoms. The van der Waals surface area contributed by atoms with Crippen LogP contribution in [-0.2, 0) is 4.79 Å². The van der Waals surface area contributed by atoms with Crippen LogP contribution in [0.4, 0.5) is 5.69 Å². The smallest absolute Gasteiger partial charge is 0.252 e. The van der Waals surface area contributed by atoms with E-state index in [0.717, 1.165) is 17.0 Å². The number of fused-ring (bicyclic) bond motifs is 3. The Morgan fingerprint density at radius 2 is 2.19 bits per heavy atom. The topological polar surface area (TPSA) is 42.0 Å². The maximum absolute atomic E-state index is 11.9. The van der Waals surface area contributed by atoms with Crippen molar-refractivity contribution in [3.63, 3.8) is 0 Å². The van der Waals surface area contributed by atoms with Gasteiger partial charge < -0.3 is 5.32 Å². The third kappa shape index (κ3) is 1.29. The molecule has 1 aromatic heterocycles. The summed E-state index contributed by atoms with van der Waals surface area (Å²) in [7, 11) is 0. The van der Waals surface area contributed by atoms with Gasteiger partial charge in [0.15, 0.2) is 0 Å². The van der Waals surface area contributed by atoms with Crippen molar-refractivity contribution < 1.29 is 4.79 Å². The van der Waals surface area contributed by atoms with Crippen LogP contribution in [0.2, 0.25) is 0 Å². The summed E-state index contributed by atoms with van der Waals surface area (Å²) in [4.78, 5) is 16.2. The highest BCUT2D eigenvalue weighted by molar-refractivity contribution is 6.08. The normalized spacial score (nSPS) is 21.6. The minimum absolute atomic E-state index is 0.0278. The molecule has 1 aliphatic heterocycles. The summed E-state index contributed by atoms with van der Waals surface area (Å²) in [6.07, 6.45) is 11.3. The van der Waals surface area contributed by atoms with Crippen LogP contribution in [0.3, 0.4) is 0 Å². The molecular formula is C13H10N2O. The molecule has 1 unspecified atom stereocenters. The van der Waals surface area contributed by atoms with E-state index in [4.69, 9.17) is 0 Å². The third-order valence-corrected chi connectivity index (χ3v) is 2.78. The fourth-order valence-electron chi connectivity index (χ4n) is 2.03. The highest BCUT2D eigenvalue weighted by Gasteiger charge is 2.29. The first-order valence-electron chi connectivity index (χ1n) is 5.17. The minimum Gasteiger partial charge on any atom is -0.321 e. The van der Waals surface area contributed by atoms with Gasteiger partial charge in [-0.05, 0) is 12.1 Å². The summed E-state index contributed by atoms with van der Waals surface area (Å²) in [5.41, 5.74) is 2.46. The van der Waals surface area contributed by atoms with Crippen LogP contribution < -0.4 is 5.32 Å². The number of anilines is 1. The zero-order valence-corrected chi connectivity index (χ0v) is 8.55. The Kier molecular flexibility index (Phi) is 1.96. The lowest BCUT2D eigenvalue weighted by Gasteiger charge is -2.24. The Labute approximate surface area is 93.2 Å². The number of hydrogen-bond acceptors (Lipinski definition) is 2. The van der Waals surface area contributed by atoms with E-state index in [0.29, 0.717) is 0 Å². The molecule has 2 heterocycles. The van der Waals surface area contributed by atoms with Gasteiger partial charge in [-0.2, -0.15) is 0 Å². The van der Waals surface area contributed by atoms with Crippen LogP contribution in [0.5, 0.6) is 0 Å². The first-order valence-corrected chi connectivity index (χ1v) is 5.17. The Balaban J connectivity index is 2.20. The van der Waals surface area contributed by atoms with Crippen molar-refractivity contribution in [2.24, 2.45) is 0 Å². The maximum Gasteiger partial charge on any atom is 0.252 e. The van der Waals surface area contributed by atoms with Gasteiger partial charge in [-0.3, -0.25) is 9.78 Å². The Morgan fingerprint density at radius 1 is 1.25 bits per heavy atom. The number of nitrogens with zero attached hydrogens (tertiary/aromatic N) is 1. The van der Waals surface area contributed by atoms with Gasteiger partial charge in [0, 0.05) is 11.8 Å². The lowest BCUT2D eigenvalue weighted by molar-refractivity contribution is -0.113. The van der Waals surface area contributed by atoms with Gasteiger partial charge in [0.1, 0.15) is 0 Å². The Hall–Kier alpha value is -2.16. The summed E-state index contributed by atoms with van der Waals surface area (Å²) < 4.78 is 0. The average Bonchev–Trinajstić information content (AvgIpc) is 2.55. The predicted molar refractivity (Wildman–Crippen MR) is 62.0 cm³/mol. The van der Waals surface area contributed by atoms with Gasteiger partial charge in [-0.1, -0.05) is 30.4 Å². The molecule has 0 aromatic carbocycles. The van der Waals surface area contributed by atoms with Crippen molar-refractivity contribution in [2.75, 3.05) is 5.32 Å². The Morgan fingerprint density at radius 3 is 3.12 bits per heavy atom. The number of aromatic nitrogens is 1. The van der Waals surface area contributed by atoms with Crippen molar-refractivity contribution in [3.8, 4) is 0 Å². The quantitative estimate of drug-likeness (QED) is 0.713. The van der Waals surface area contributed by atoms with E-state index in [-0.39, 0.29) is 11.8 Å². The molecule has 0 saturated heterocycles. The molecule has 1 aromatic rings. The maximum atomic E-state index is 11.9. The van der Waals surface area contributed by atoms with Crippen molar-refractivity contribution in [2.45, 2.75) is 5.92 Å². The van der Waals surface area contributed by atoms with E-state index in [1.807, 2.05) is 42.5 Å². The number of allylic oxidation sites excluding steroid dienone is 5. The molecule has 1 amide bonds. The second kappa shape index (κ2) is 3.45. The van der Waals surface area contributed by atoms with Gasteiger partial charge >= 0.3 is 0 Å². The molecule has 3 nitrogen and oxygen atoms in total. The van der Waals surface area contributed by atoms with E-state index in [9.17, 15) is 4.79 Å². The van der Waals surface area contributed by atoms with Crippen molar-refractivity contribution >= 4 is 11.6 Å². The number of nitrogens with one attached hydrogen (secondary N) is 1. The molecule has 3 rings (SSSR count). The molecule has 0 saturated carbocycles. The summed E-state index contributed by atoms with van der Waals surface area (Å²) in [6, 6.07) is 3.70. The fourth-order valence-corrected chi connectivity index (χ4v) is 2.03. The summed E-state index contributed by atoms with van der Waals surface area (Å²) in [5.74, 6) is -0.0679. The number of carbonyl (C=O) groups is 1. The fraction of sp³-hybridized carbons (Fsp3) is 0.0769. The summed E-state index contributed by atoms with van der Waals surface area (Å²) in [6.45, 7) is 0.